The molecule has 1 heterocycles. The van der Waals surface area contributed by atoms with Gasteiger partial charge in [0.25, 0.3) is 10.2 Å². The predicted octanol–water partition coefficient (Wildman–Crippen LogP) is -1.81. The highest BCUT2D eigenvalue weighted by Gasteiger charge is 2.31. The topological polar surface area (TPSA) is 86.9 Å². The molecule has 6 nitrogen and oxygen atoms in total. The molecule has 1 saturated heterocycles. The molecule has 0 saturated carbocycles. The van der Waals surface area contributed by atoms with Gasteiger partial charge in [0, 0.05) is 33.2 Å². The zero-order valence-electron chi connectivity index (χ0n) is 8.26. The lowest BCUT2D eigenvalue weighted by molar-refractivity contribution is 0.144. The number of nitrogens with zero attached hydrogens (tertiary/aromatic N) is 2. The largest absolute Gasteiger partial charge is 0.390 e. The fourth-order valence-corrected chi connectivity index (χ4v) is 2.87. The van der Waals surface area contributed by atoms with Gasteiger partial charge in [-0.15, -0.1) is 0 Å². The van der Waals surface area contributed by atoms with E-state index in [0.717, 1.165) is 6.42 Å². The van der Waals surface area contributed by atoms with Gasteiger partial charge in [0.15, 0.2) is 0 Å². The highest BCUT2D eigenvalue weighted by atomic mass is 32.2. The molecule has 84 valence electrons. The Kier molecular flexibility index (Phi) is 3.85. The van der Waals surface area contributed by atoms with Gasteiger partial charge in [0.05, 0.1) is 6.10 Å². The quantitative estimate of drug-likeness (QED) is 0.590. The van der Waals surface area contributed by atoms with Crippen molar-refractivity contribution in [2.45, 2.75) is 12.5 Å². The molecule has 7 heteroatoms. The first-order chi connectivity index (χ1) is 6.48. The van der Waals surface area contributed by atoms with Crippen LogP contribution in [0.1, 0.15) is 6.42 Å². The normalized spacial score (nSPS) is 26.2. The zero-order valence-corrected chi connectivity index (χ0v) is 9.07. The van der Waals surface area contributed by atoms with Crippen LogP contribution in [-0.4, -0.2) is 61.5 Å². The monoisotopic (exact) mass is 223 g/mol. The summed E-state index contributed by atoms with van der Waals surface area (Å²) >= 11 is 0. The fourth-order valence-electron chi connectivity index (χ4n) is 1.39. The van der Waals surface area contributed by atoms with E-state index < -0.39 is 16.3 Å². The van der Waals surface area contributed by atoms with Gasteiger partial charge in [-0.05, 0) is 6.42 Å². The highest BCUT2D eigenvalue weighted by Crippen LogP contribution is 2.13. The summed E-state index contributed by atoms with van der Waals surface area (Å²) in [6.45, 7) is 1.17. The minimum atomic E-state index is -3.36. The van der Waals surface area contributed by atoms with Gasteiger partial charge in [0.2, 0.25) is 0 Å². The van der Waals surface area contributed by atoms with Crippen molar-refractivity contribution in [3.63, 3.8) is 0 Å². The van der Waals surface area contributed by atoms with E-state index >= 15 is 0 Å². The Bertz CT molecular complexity index is 280. The minimum absolute atomic E-state index is 0.0791. The van der Waals surface area contributed by atoms with Gasteiger partial charge in [-0.25, -0.2) is 0 Å². The number of nitrogens with two attached hydrogens (primary N) is 1. The molecule has 1 rings (SSSR count). The van der Waals surface area contributed by atoms with Gasteiger partial charge in [0.1, 0.15) is 0 Å². The second-order valence-electron chi connectivity index (χ2n) is 3.43. The van der Waals surface area contributed by atoms with Gasteiger partial charge in [-0.3, -0.25) is 0 Å². The van der Waals surface area contributed by atoms with Gasteiger partial charge < -0.3 is 10.8 Å². The number of hydrogen-bond acceptors (Lipinski definition) is 4. The van der Waals surface area contributed by atoms with Crippen LogP contribution in [0.2, 0.25) is 0 Å². The molecule has 0 spiro atoms. The third kappa shape index (κ3) is 2.43. The van der Waals surface area contributed by atoms with Crippen LogP contribution in [0.15, 0.2) is 0 Å². The molecule has 1 aliphatic rings. The number of rotatable bonds is 3. The Balaban J connectivity index is 2.68. The molecule has 0 aromatic rings. The third-order valence-electron chi connectivity index (χ3n) is 2.29. The summed E-state index contributed by atoms with van der Waals surface area (Å²) < 4.78 is 25.9. The van der Waals surface area contributed by atoms with Crippen molar-refractivity contribution < 1.29 is 13.5 Å². The van der Waals surface area contributed by atoms with Crippen LogP contribution < -0.4 is 5.73 Å². The molecule has 1 aliphatic heterocycles. The lowest BCUT2D eigenvalue weighted by Crippen LogP contribution is -2.51. The van der Waals surface area contributed by atoms with Gasteiger partial charge in [-0.2, -0.15) is 17.0 Å². The second-order valence-corrected chi connectivity index (χ2v) is 5.47. The Labute approximate surface area is 84.5 Å². The van der Waals surface area contributed by atoms with Crippen molar-refractivity contribution in [2.24, 2.45) is 5.73 Å². The SMILES string of the molecule is CN1CCCN(CC(O)CN)S1(=O)=O. The fraction of sp³-hybridized carbons (Fsp3) is 1.00. The second kappa shape index (κ2) is 4.54. The van der Waals surface area contributed by atoms with E-state index in [1.807, 2.05) is 0 Å². The summed E-state index contributed by atoms with van der Waals surface area (Å²) in [5.74, 6) is 0. The third-order valence-corrected chi connectivity index (χ3v) is 4.24. The minimum Gasteiger partial charge on any atom is -0.390 e. The molecule has 0 aromatic heterocycles. The lowest BCUT2D eigenvalue weighted by Gasteiger charge is -2.33. The summed E-state index contributed by atoms with van der Waals surface area (Å²) in [5, 5.41) is 9.28. The molecule has 1 fully saturated rings. The summed E-state index contributed by atoms with van der Waals surface area (Å²) in [5.41, 5.74) is 5.23. The average molecular weight is 223 g/mol. The summed E-state index contributed by atoms with van der Waals surface area (Å²) in [6.07, 6.45) is 0.00352. The van der Waals surface area contributed by atoms with Crippen LogP contribution in [0.4, 0.5) is 0 Å². The maximum Gasteiger partial charge on any atom is 0.281 e. The molecule has 1 atom stereocenters. The molecule has 14 heavy (non-hydrogen) atoms. The molecule has 0 aliphatic carbocycles. The van der Waals surface area contributed by atoms with Crippen LogP contribution in [0, 0.1) is 0 Å². The van der Waals surface area contributed by atoms with E-state index in [1.165, 1.54) is 15.7 Å². The maximum atomic E-state index is 11.7. The molecule has 3 N–H and O–H groups in total. The van der Waals surface area contributed by atoms with E-state index in [2.05, 4.69) is 0 Å². The summed E-state index contributed by atoms with van der Waals surface area (Å²) in [4.78, 5) is 0. The first kappa shape index (κ1) is 11.9. The molecular weight excluding hydrogens is 206 g/mol. The van der Waals surface area contributed by atoms with Crippen molar-refractivity contribution in [3.05, 3.63) is 0 Å². The first-order valence-electron chi connectivity index (χ1n) is 4.58. The molecule has 0 aromatic carbocycles. The highest BCUT2D eigenvalue weighted by molar-refractivity contribution is 7.86. The molecule has 0 bridgehead atoms. The van der Waals surface area contributed by atoms with Crippen molar-refractivity contribution in [3.8, 4) is 0 Å². The Morgan fingerprint density at radius 1 is 1.50 bits per heavy atom. The van der Waals surface area contributed by atoms with Crippen LogP contribution >= 0.6 is 0 Å². The smallest absolute Gasteiger partial charge is 0.281 e. The van der Waals surface area contributed by atoms with Gasteiger partial charge >= 0.3 is 0 Å². The maximum absolute atomic E-state index is 11.7. The first-order valence-corrected chi connectivity index (χ1v) is 5.97. The standard InChI is InChI=1S/C7H17N3O3S/c1-9-3-2-4-10(14(9,12)13)6-7(11)5-8/h7,11H,2-6,8H2,1H3. The van der Waals surface area contributed by atoms with Crippen LogP contribution in [0.5, 0.6) is 0 Å². The van der Waals surface area contributed by atoms with E-state index in [-0.39, 0.29) is 13.1 Å². The van der Waals surface area contributed by atoms with E-state index in [1.54, 1.807) is 0 Å². The molecular formula is C7H17N3O3S. The Hall–Kier alpha value is -0.210. The molecule has 1 unspecified atom stereocenters. The van der Waals surface area contributed by atoms with Crippen LogP contribution in [-0.2, 0) is 10.2 Å². The number of aliphatic hydroxyl groups excluding tert-OH is 1. The Morgan fingerprint density at radius 2 is 2.14 bits per heavy atom. The van der Waals surface area contributed by atoms with Crippen molar-refractivity contribution >= 4 is 10.2 Å². The predicted molar refractivity (Wildman–Crippen MR) is 52.8 cm³/mol. The number of β-amino-alcohol motifs (C(OH)–C–C–N with tert-alkyl or cyclic N) is 1. The van der Waals surface area contributed by atoms with E-state index in [0.29, 0.717) is 13.1 Å². The van der Waals surface area contributed by atoms with E-state index in [4.69, 9.17) is 5.73 Å². The lowest BCUT2D eigenvalue weighted by atomic mass is 10.3. The van der Waals surface area contributed by atoms with Crippen molar-refractivity contribution in [1.82, 2.24) is 8.61 Å². The zero-order chi connectivity index (χ0) is 10.8. The van der Waals surface area contributed by atoms with Crippen LogP contribution in [0.25, 0.3) is 0 Å². The van der Waals surface area contributed by atoms with Gasteiger partial charge in [-0.1, -0.05) is 0 Å². The number of hydrogen-bond donors (Lipinski definition) is 2. The molecule has 0 amide bonds. The van der Waals surface area contributed by atoms with Crippen molar-refractivity contribution in [1.29, 1.82) is 0 Å². The Morgan fingerprint density at radius 3 is 2.71 bits per heavy atom. The summed E-state index contributed by atoms with van der Waals surface area (Å²) in [7, 11) is -1.82. The summed E-state index contributed by atoms with van der Waals surface area (Å²) in [6, 6.07) is 0. The number of aliphatic hydroxyl groups is 1. The van der Waals surface area contributed by atoms with Crippen LogP contribution in [0.3, 0.4) is 0 Å². The van der Waals surface area contributed by atoms with E-state index in [9.17, 15) is 13.5 Å². The average Bonchev–Trinajstić information content (AvgIpc) is 2.13. The molecule has 0 radical (unpaired) electrons. The van der Waals surface area contributed by atoms with Crippen molar-refractivity contribution in [2.75, 3.05) is 33.2 Å².